The van der Waals surface area contributed by atoms with Crippen molar-refractivity contribution < 1.29 is 14.8 Å². The summed E-state index contributed by atoms with van der Waals surface area (Å²) in [5.74, 6) is -0.807. The molecule has 15 heavy (non-hydrogen) atoms. The lowest BCUT2D eigenvalue weighted by Gasteiger charge is -2.01. The molecule has 0 atom stereocenters. The second-order valence-electron chi connectivity index (χ2n) is 2.79. The number of carbonyl (C=O) groups excluding carboxylic acids is 1. The van der Waals surface area contributed by atoms with Crippen LogP contribution in [0.2, 0.25) is 0 Å². The number of amides is 1. The van der Waals surface area contributed by atoms with E-state index in [2.05, 4.69) is 10.3 Å². The number of aliphatic hydroxyl groups excluding tert-OH is 1. The third kappa shape index (κ3) is 2.47. The highest BCUT2D eigenvalue weighted by atomic mass is 16.6. The van der Waals surface area contributed by atoms with E-state index in [0.717, 1.165) is 6.20 Å². The van der Waals surface area contributed by atoms with E-state index in [9.17, 15) is 14.9 Å². The molecule has 1 aromatic rings. The second kappa shape index (κ2) is 4.47. The third-order valence-electron chi connectivity index (χ3n) is 1.73. The molecule has 0 unspecified atom stereocenters. The van der Waals surface area contributed by atoms with Crippen LogP contribution in [0.25, 0.3) is 0 Å². The Kier molecular flexibility index (Phi) is 3.29. The Labute approximate surface area is 84.9 Å². The van der Waals surface area contributed by atoms with Crippen molar-refractivity contribution in [3.8, 4) is 0 Å². The molecule has 0 aliphatic rings. The average Bonchev–Trinajstić information content (AvgIpc) is 2.17. The van der Waals surface area contributed by atoms with E-state index in [1.54, 1.807) is 0 Å². The highest BCUT2D eigenvalue weighted by molar-refractivity contribution is 5.94. The molecule has 1 amide bonds. The maximum absolute atomic E-state index is 11.2. The number of nitrogens with one attached hydrogen (secondary N) is 1. The zero-order chi connectivity index (χ0) is 11.4. The minimum Gasteiger partial charge on any atom is -0.376 e. The van der Waals surface area contributed by atoms with Gasteiger partial charge < -0.3 is 20.5 Å². The number of pyridine rings is 1. The Hall–Kier alpha value is -2.02. The van der Waals surface area contributed by atoms with Gasteiger partial charge in [0.05, 0.1) is 5.56 Å². The summed E-state index contributed by atoms with van der Waals surface area (Å²) in [6.45, 7) is 0.996. The monoisotopic (exact) mass is 211 g/mol. The molecule has 1 aromatic heterocycles. The number of carbonyl (C=O) groups is 1. The van der Waals surface area contributed by atoms with Crippen LogP contribution in [0.5, 0.6) is 0 Å². The first-order chi connectivity index (χ1) is 7.06. The van der Waals surface area contributed by atoms with E-state index in [1.807, 2.05) is 0 Å². The van der Waals surface area contributed by atoms with Crippen LogP contribution in [-0.2, 0) is 0 Å². The number of hydrogen-bond acceptors (Lipinski definition) is 5. The Morgan fingerprint density at radius 2 is 2.40 bits per heavy atom. The fourth-order valence-corrected chi connectivity index (χ4v) is 1.06. The van der Waals surface area contributed by atoms with Gasteiger partial charge in [-0.2, -0.15) is 0 Å². The largest absolute Gasteiger partial charge is 0.376 e. The molecule has 0 saturated heterocycles. The first kappa shape index (κ1) is 11.1. The van der Waals surface area contributed by atoms with Crippen LogP contribution in [0.15, 0.2) is 12.3 Å². The first-order valence-corrected chi connectivity index (χ1v) is 4.06. The molecule has 0 radical (unpaired) electrons. The standard InChI is InChI=1S/C8H9N3O4/c1-5-2-6(8(13)10-4-12)3-9-7(5)11(14)15/h2-3,12H,4H2,1H3,(H,10,13). The van der Waals surface area contributed by atoms with Crippen LogP contribution in [0.1, 0.15) is 15.9 Å². The van der Waals surface area contributed by atoms with E-state index in [-0.39, 0.29) is 11.4 Å². The van der Waals surface area contributed by atoms with Crippen molar-refractivity contribution in [3.05, 3.63) is 33.5 Å². The minimum absolute atomic E-state index is 0.173. The lowest BCUT2D eigenvalue weighted by molar-refractivity contribution is -0.390. The molecule has 0 aliphatic heterocycles. The van der Waals surface area contributed by atoms with Crippen LogP contribution in [0.4, 0.5) is 5.82 Å². The Morgan fingerprint density at radius 3 is 2.87 bits per heavy atom. The number of hydrogen-bond donors (Lipinski definition) is 2. The number of aryl methyl sites for hydroxylation is 1. The van der Waals surface area contributed by atoms with Crippen LogP contribution in [0, 0.1) is 17.0 Å². The van der Waals surface area contributed by atoms with Gasteiger partial charge in [0, 0.05) is 5.56 Å². The minimum atomic E-state index is -0.622. The second-order valence-corrected chi connectivity index (χ2v) is 2.79. The fourth-order valence-electron chi connectivity index (χ4n) is 1.06. The molecule has 2 N–H and O–H groups in total. The van der Waals surface area contributed by atoms with Crippen LogP contribution >= 0.6 is 0 Å². The summed E-state index contributed by atoms with van der Waals surface area (Å²) < 4.78 is 0. The molecule has 1 heterocycles. The Morgan fingerprint density at radius 1 is 1.73 bits per heavy atom. The third-order valence-corrected chi connectivity index (χ3v) is 1.73. The van der Waals surface area contributed by atoms with Crippen LogP contribution < -0.4 is 5.32 Å². The molecule has 80 valence electrons. The van der Waals surface area contributed by atoms with Gasteiger partial charge in [0.2, 0.25) is 0 Å². The molecule has 0 spiro atoms. The first-order valence-electron chi connectivity index (χ1n) is 4.06. The van der Waals surface area contributed by atoms with Gasteiger partial charge in [0.15, 0.2) is 6.20 Å². The number of aromatic nitrogens is 1. The van der Waals surface area contributed by atoms with Crippen molar-refractivity contribution in [1.29, 1.82) is 0 Å². The number of aliphatic hydroxyl groups is 1. The van der Waals surface area contributed by atoms with Gasteiger partial charge in [-0.25, -0.2) is 0 Å². The van der Waals surface area contributed by atoms with Gasteiger partial charge in [0.25, 0.3) is 5.91 Å². The van der Waals surface area contributed by atoms with E-state index < -0.39 is 17.6 Å². The maximum atomic E-state index is 11.2. The lowest BCUT2D eigenvalue weighted by Crippen LogP contribution is -2.24. The van der Waals surface area contributed by atoms with E-state index >= 15 is 0 Å². The number of rotatable bonds is 3. The molecular formula is C8H9N3O4. The normalized spacial score (nSPS) is 9.73. The zero-order valence-corrected chi connectivity index (χ0v) is 7.93. The van der Waals surface area contributed by atoms with Crippen LogP contribution in [0.3, 0.4) is 0 Å². The van der Waals surface area contributed by atoms with Gasteiger partial charge in [-0.1, -0.05) is 0 Å². The summed E-state index contributed by atoms with van der Waals surface area (Å²) in [5, 5.41) is 21.0. The summed E-state index contributed by atoms with van der Waals surface area (Å²) in [7, 11) is 0. The van der Waals surface area contributed by atoms with E-state index in [0.29, 0.717) is 5.56 Å². The molecule has 7 nitrogen and oxygen atoms in total. The number of nitro groups is 1. The van der Waals surface area contributed by atoms with Gasteiger partial charge in [-0.05, 0) is 22.9 Å². The topological polar surface area (TPSA) is 105 Å². The Bertz CT molecular complexity index is 405. The van der Waals surface area contributed by atoms with Crippen molar-refractivity contribution in [1.82, 2.24) is 10.3 Å². The smallest absolute Gasteiger partial charge is 0.366 e. The highest BCUT2D eigenvalue weighted by Crippen LogP contribution is 2.14. The van der Waals surface area contributed by atoms with Gasteiger partial charge >= 0.3 is 5.82 Å². The summed E-state index contributed by atoms with van der Waals surface area (Å²) in [6.07, 6.45) is 1.09. The number of nitrogens with zero attached hydrogens (tertiary/aromatic N) is 2. The molecule has 1 rings (SSSR count). The summed E-state index contributed by atoms with van der Waals surface area (Å²) >= 11 is 0. The molecule has 0 fully saturated rings. The van der Waals surface area contributed by atoms with Crippen molar-refractivity contribution in [3.63, 3.8) is 0 Å². The lowest BCUT2D eigenvalue weighted by atomic mass is 10.2. The molecule has 0 saturated carbocycles. The fraction of sp³-hybridized carbons (Fsp3) is 0.250. The molecule has 0 bridgehead atoms. The summed E-state index contributed by atoms with van der Waals surface area (Å²) in [6, 6.07) is 1.34. The Balaban J connectivity index is 3.01. The van der Waals surface area contributed by atoms with Gasteiger partial charge in [0.1, 0.15) is 6.73 Å². The molecule has 7 heteroatoms. The van der Waals surface area contributed by atoms with Crippen molar-refractivity contribution in [2.75, 3.05) is 6.73 Å². The van der Waals surface area contributed by atoms with Crippen molar-refractivity contribution in [2.24, 2.45) is 0 Å². The zero-order valence-electron chi connectivity index (χ0n) is 7.93. The van der Waals surface area contributed by atoms with Crippen LogP contribution in [-0.4, -0.2) is 27.7 Å². The molecule has 0 aromatic carbocycles. The van der Waals surface area contributed by atoms with E-state index in [4.69, 9.17) is 5.11 Å². The molecule has 0 aliphatic carbocycles. The molecular weight excluding hydrogens is 202 g/mol. The predicted octanol–water partition coefficient (Wildman–Crippen LogP) is -0.0222. The highest BCUT2D eigenvalue weighted by Gasteiger charge is 2.15. The summed E-state index contributed by atoms with van der Waals surface area (Å²) in [5.41, 5.74) is 0.470. The van der Waals surface area contributed by atoms with Gasteiger partial charge in [-0.3, -0.25) is 4.79 Å². The van der Waals surface area contributed by atoms with Crippen molar-refractivity contribution >= 4 is 11.7 Å². The maximum Gasteiger partial charge on any atom is 0.366 e. The SMILES string of the molecule is Cc1cc(C(=O)NCO)cnc1[N+](=O)[O-]. The predicted molar refractivity (Wildman–Crippen MR) is 50.2 cm³/mol. The quantitative estimate of drug-likeness (QED) is 0.415. The summed E-state index contributed by atoms with van der Waals surface area (Å²) in [4.78, 5) is 24.5. The van der Waals surface area contributed by atoms with Gasteiger partial charge in [-0.15, -0.1) is 0 Å². The average molecular weight is 211 g/mol. The van der Waals surface area contributed by atoms with Crippen molar-refractivity contribution in [2.45, 2.75) is 6.92 Å². The van der Waals surface area contributed by atoms with E-state index in [1.165, 1.54) is 13.0 Å².